The van der Waals surface area contributed by atoms with Crippen LogP contribution in [0.15, 0.2) is 22.7 Å². The molecule has 1 aliphatic heterocycles. The number of fused-ring (bicyclic) bond motifs is 1. The lowest BCUT2D eigenvalue weighted by Crippen LogP contribution is -2.52. The fraction of sp³-hybridized carbons (Fsp3) is 0.375. The first kappa shape index (κ1) is 18.1. The monoisotopic (exact) mass is 396 g/mol. The minimum absolute atomic E-state index is 0.220. The summed E-state index contributed by atoms with van der Waals surface area (Å²) in [6.07, 6.45) is 0.843. The van der Waals surface area contributed by atoms with Crippen molar-refractivity contribution in [3.05, 3.63) is 33.8 Å². The van der Waals surface area contributed by atoms with Gasteiger partial charge in [0.1, 0.15) is 12.1 Å². The lowest BCUT2D eigenvalue weighted by Gasteiger charge is -2.23. The Balaban J connectivity index is 2.20. The Morgan fingerprint density at radius 2 is 1.88 bits per heavy atom. The standard InChI is InChI=1S/C16H17BrN2O5/c1-3-4-12(16(23)24)18-13(20)8(2)19-14(21)10-6-5-9(17)7-11(10)15(19)22/h5-8,12H,3-4H2,1-2H3,(H,18,20)(H,23,24). The molecule has 0 aliphatic carbocycles. The summed E-state index contributed by atoms with van der Waals surface area (Å²) in [6, 6.07) is 2.53. The smallest absolute Gasteiger partial charge is 0.326 e. The molecule has 2 atom stereocenters. The highest BCUT2D eigenvalue weighted by molar-refractivity contribution is 9.10. The van der Waals surface area contributed by atoms with Gasteiger partial charge in [-0.05, 0) is 31.5 Å². The fourth-order valence-electron chi connectivity index (χ4n) is 2.54. The van der Waals surface area contributed by atoms with Gasteiger partial charge in [-0.3, -0.25) is 19.3 Å². The van der Waals surface area contributed by atoms with E-state index in [2.05, 4.69) is 21.2 Å². The molecule has 1 aliphatic rings. The molecule has 2 unspecified atom stereocenters. The third kappa shape index (κ3) is 3.33. The number of imide groups is 1. The molecule has 24 heavy (non-hydrogen) atoms. The van der Waals surface area contributed by atoms with Gasteiger partial charge in [-0.25, -0.2) is 4.79 Å². The van der Waals surface area contributed by atoms with E-state index in [1.165, 1.54) is 19.1 Å². The van der Waals surface area contributed by atoms with Crippen LogP contribution in [0.3, 0.4) is 0 Å². The van der Waals surface area contributed by atoms with E-state index >= 15 is 0 Å². The first-order valence-corrected chi connectivity index (χ1v) is 8.27. The van der Waals surface area contributed by atoms with Crippen LogP contribution in [0, 0.1) is 0 Å². The van der Waals surface area contributed by atoms with Crippen LogP contribution in [0.5, 0.6) is 0 Å². The molecule has 0 bridgehead atoms. The molecule has 0 saturated heterocycles. The van der Waals surface area contributed by atoms with Gasteiger partial charge in [0.2, 0.25) is 5.91 Å². The summed E-state index contributed by atoms with van der Waals surface area (Å²) in [5, 5.41) is 11.5. The normalized spacial score (nSPS) is 15.9. The second-order valence-corrected chi connectivity index (χ2v) is 6.45. The Morgan fingerprint density at radius 3 is 2.46 bits per heavy atom. The predicted octanol–water partition coefficient (Wildman–Crippen LogP) is 1.80. The van der Waals surface area contributed by atoms with E-state index < -0.39 is 35.8 Å². The molecule has 1 aromatic carbocycles. The molecule has 3 amide bonds. The second kappa shape index (κ2) is 7.12. The van der Waals surface area contributed by atoms with Gasteiger partial charge in [0.25, 0.3) is 11.8 Å². The Hall–Kier alpha value is -2.22. The topological polar surface area (TPSA) is 104 Å². The molecule has 0 saturated carbocycles. The summed E-state index contributed by atoms with van der Waals surface area (Å²) < 4.78 is 0.648. The lowest BCUT2D eigenvalue weighted by atomic mass is 10.1. The maximum Gasteiger partial charge on any atom is 0.326 e. The molecule has 2 rings (SSSR count). The zero-order valence-corrected chi connectivity index (χ0v) is 14.8. The molecule has 7 nitrogen and oxygen atoms in total. The van der Waals surface area contributed by atoms with Crippen molar-refractivity contribution in [2.45, 2.75) is 38.8 Å². The number of halogens is 1. The predicted molar refractivity (Wildman–Crippen MR) is 88.6 cm³/mol. The van der Waals surface area contributed by atoms with Crippen molar-refractivity contribution in [1.82, 2.24) is 10.2 Å². The maximum atomic E-state index is 12.4. The number of carboxylic acids is 1. The number of amides is 3. The number of hydrogen-bond acceptors (Lipinski definition) is 4. The molecule has 0 radical (unpaired) electrons. The van der Waals surface area contributed by atoms with E-state index in [1.807, 2.05) is 0 Å². The van der Waals surface area contributed by atoms with Crippen LogP contribution >= 0.6 is 15.9 Å². The number of rotatable bonds is 6. The van der Waals surface area contributed by atoms with Crippen LogP contribution in [0.4, 0.5) is 0 Å². The second-order valence-electron chi connectivity index (χ2n) is 5.53. The quantitative estimate of drug-likeness (QED) is 0.713. The first-order valence-electron chi connectivity index (χ1n) is 7.48. The minimum Gasteiger partial charge on any atom is -0.480 e. The summed E-state index contributed by atoms with van der Waals surface area (Å²) in [5.74, 6) is -2.96. The number of aliphatic carboxylic acids is 1. The molecular weight excluding hydrogens is 380 g/mol. The summed E-state index contributed by atoms with van der Waals surface area (Å²) in [7, 11) is 0. The van der Waals surface area contributed by atoms with Gasteiger partial charge in [-0.15, -0.1) is 0 Å². The minimum atomic E-state index is -1.15. The van der Waals surface area contributed by atoms with Crippen molar-refractivity contribution in [1.29, 1.82) is 0 Å². The Kier molecular flexibility index (Phi) is 5.38. The zero-order chi connectivity index (χ0) is 18.0. The number of carbonyl (C=O) groups excluding carboxylic acids is 3. The molecule has 128 valence electrons. The van der Waals surface area contributed by atoms with Crippen LogP contribution < -0.4 is 5.32 Å². The Morgan fingerprint density at radius 1 is 1.25 bits per heavy atom. The van der Waals surface area contributed by atoms with Crippen LogP contribution in [0.1, 0.15) is 47.4 Å². The van der Waals surface area contributed by atoms with Gasteiger partial charge in [0.15, 0.2) is 0 Å². The van der Waals surface area contributed by atoms with Crippen molar-refractivity contribution in [2.75, 3.05) is 0 Å². The number of nitrogens with one attached hydrogen (secondary N) is 1. The number of nitrogens with zero attached hydrogens (tertiary/aromatic N) is 1. The van der Waals surface area contributed by atoms with Crippen molar-refractivity contribution in [2.24, 2.45) is 0 Å². The Labute approximate surface area is 147 Å². The molecule has 0 aromatic heterocycles. The third-order valence-corrected chi connectivity index (χ3v) is 4.33. The van der Waals surface area contributed by atoms with E-state index in [-0.39, 0.29) is 17.5 Å². The van der Waals surface area contributed by atoms with Gasteiger partial charge in [0.05, 0.1) is 11.1 Å². The van der Waals surface area contributed by atoms with Crippen LogP contribution in [-0.2, 0) is 9.59 Å². The molecule has 0 fully saturated rings. The average Bonchev–Trinajstić information content (AvgIpc) is 2.77. The lowest BCUT2D eigenvalue weighted by molar-refractivity contribution is -0.142. The van der Waals surface area contributed by atoms with Gasteiger partial charge >= 0.3 is 5.97 Å². The van der Waals surface area contributed by atoms with Gasteiger partial charge < -0.3 is 10.4 Å². The third-order valence-electron chi connectivity index (χ3n) is 3.84. The van der Waals surface area contributed by atoms with E-state index in [9.17, 15) is 19.2 Å². The Bertz CT molecular complexity index is 718. The number of benzene rings is 1. The van der Waals surface area contributed by atoms with Gasteiger partial charge in [-0.1, -0.05) is 29.3 Å². The summed E-state index contributed by atoms with van der Waals surface area (Å²) in [6.45, 7) is 3.20. The summed E-state index contributed by atoms with van der Waals surface area (Å²) >= 11 is 3.24. The highest BCUT2D eigenvalue weighted by Crippen LogP contribution is 2.27. The van der Waals surface area contributed by atoms with Gasteiger partial charge in [0, 0.05) is 4.47 Å². The first-order chi connectivity index (χ1) is 11.3. The van der Waals surface area contributed by atoms with Crippen LogP contribution in [0.2, 0.25) is 0 Å². The van der Waals surface area contributed by atoms with E-state index in [0.29, 0.717) is 10.9 Å². The van der Waals surface area contributed by atoms with Crippen molar-refractivity contribution < 1.29 is 24.3 Å². The number of hydrogen-bond donors (Lipinski definition) is 2. The van der Waals surface area contributed by atoms with Crippen LogP contribution in [0.25, 0.3) is 0 Å². The number of carbonyl (C=O) groups is 4. The molecule has 2 N–H and O–H groups in total. The molecule has 1 heterocycles. The SMILES string of the molecule is CCCC(NC(=O)C(C)N1C(=O)c2ccc(Br)cc2C1=O)C(=O)O. The molecule has 8 heteroatoms. The van der Waals surface area contributed by atoms with Crippen molar-refractivity contribution in [3.8, 4) is 0 Å². The molecular formula is C16H17BrN2O5. The maximum absolute atomic E-state index is 12.4. The van der Waals surface area contributed by atoms with E-state index in [4.69, 9.17) is 5.11 Å². The average molecular weight is 397 g/mol. The van der Waals surface area contributed by atoms with Crippen LogP contribution in [-0.4, -0.2) is 45.8 Å². The fourth-order valence-corrected chi connectivity index (χ4v) is 2.90. The molecule has 0 spiro atoms. The largest absolute Gasteiger partial charge is 0.480 e. The highest BCUT2D eigenvalue weighted by atomic mass is 79.9. The zero-order valence-electron chi connectivity index (χ0n) is 13.2. The van der Waals surface area contributed by atoms with Crippen molar-refractivity contribution >= 4 is 39.6 Å². The van der Waals surface area contributed by atoms with E-state index in [0.717, 1.165) is 4.90 Å². The number of carboxylic acid groups (broad SMARTS) is 1. The summed E-state index contributed by atoms with van der Waals surface area (Å²) in [5.41, 5.74) is 0.448. The molecule has 1 aromatic rings. The summed E-state index contributed by atoms with van der Waals surface area (Å²) in [4.78, 5) is 49.1. The van der Waals surface area contributed by atoms with Crippen molar-refractivity contribution in [3.63, 3.8) is 0 Å². The highest BCUT2D eigenvalue weighted by Gasteiger charge is 2.41. The van der Waals surface area contributed by atoms with E-state index in [1.54, 1.807) is 13.0 Å². The van der Waals surface area contributed by atoms with Gasteiger partial charge in [-0.2, -0.15) is 0 Å².